The highest BCUT2D eigenvalue weighted by Gasteiger charge is 2.15. The molecule has 0 aromatic rings. The second-order valence-corrected chi connectivity index (χ2v) is 5.08. The van der Waals surface area contributed by atoms with Gasteiger partial charge in [0.25, 0.3) is 0 Å². The third-order valence-corrected chi connectivity index (χ3v) is 3.50. The van der Waals surface area contributed by atoms with Gasteiger partial charge in [-0.25, -0.2) is 0 Å². The number of allylic oxidation sites excluding steroid dienone is 4. The Balaban J connectivity index is 2.90. The molecule has 0 amide bonds. The normalized spacial score (nSPS) is 19.6. The first-order valence-electron chi connectivity index (χ1n) is 5.94. The molecule has 2 heteroatoms. The van der Waals surface area contributed by atoms with E-state index in [1.807, 2.05) is 6.20 Å². The molecule has 16 heavy (non-hydrogen) atoms. The summed E-state index contributed by atoms with van der Waals surface area (Å²) in [5.74, 6) is 0.533. The number of halogens is 1. The van der Waals surface area contributed by atoms with Crippen molar-refractivity contribution in [3.05, 3.63) is 35.0 Å². The van der Waals surface area contributed by atoms with E-state index in [1.165, 1.54) is 30.5 Å². The third-order valence-electron chi connectivity index (χ3n) is 2.97. The molecule has 0 saturated carbocycles. The highest BCUT2D eigenvalue weighted by molar-refractivity contribution is 9.11. The lowest BCUT2D eigenvalue weighted by Gasteiger charge is -2.13. The van der Waals surface area contributed by atoms with E-state index in [0.717, 1.165) is 10.9 Å². The number of aliphatic imine (C=N–C) groups is 1. The van der Waals surface area contributed by atoms with E-state index in [2.05, 4.69) is 47.4 Å². The molecular formula is C14H20BrN. The van der Waals surface area contributed by atoms with E-state index < -0.39 is 0 Å². The van der Waals surface area contributed by atoms with Crippen molar-refractivity contribution < 1.29 is 0 Å². The van der Waals surface area contributed by atoms with Gasteiger partial charge < -0.3 is 0 Å². The lowest BCUT2D eigenvalue weighted by atomic mass is 9.95. The SMILES string of the molecule is C=C/C(Br)=C\N=C(C1=CCCC1)C(C)CC. The lowest BCUT2D eigenvalue weighted by molar-refractivity contribution is 0.735. The highest BCUT2D eigenvalue weighted by Crippen LogP contribution is 2.24. The summed E-state index contributed by atoms with van der Waals surface area (Å²) in [5, 5.41) is 0. The van der Waals surface area contributed by atoms with Crippen LogP contribution in [-0.4, -0.2) is 5.71 Å². The van der Waals surface area contributed by atoms with Gasteiger partial charge in [-0.05, 0) is 53.1 Å². The Morgan fingerprint density at radius 3 is 2.94 bits per heavy atom. The van der Waals surface area contributed by atoms with Crippen LogP contribution in [0, 0.1) is 5.92 Å². The maximum Gasteiger partial charge on any atom is 0.0460 e. The van der Waals surface area contributed by atoms with Gasteiger partial charge in [-0.3, -0.25) is 4.99 Å². The van der Waals surface area contributed by atoms with E-state index in [-0.39, 0.29) is 0 Å². The zero-order valence-electron chi connectivity index (χ0n) is 10.2. The molecule has 0 spiro atoms. The van der Waals surface area contributed by atoms with Gasteiger partial charge in [0, 0.05) is 16.4 Å². The van der Waals surface area contributed by atoms with Gasteiger partial charge in [0.1, 0.15) is 0 Å². The number of nitrogens with zero attached hydrogens (tertiary/aromatic N) is 1. The zero-order valence-corrected chi connectivity index (χ0v) is 11.8. The monoisotopic (exact) mass is 281 g/mol. The summed E-state index contributed by atoms with van der Waals surface area (Å²) in [5.41, 5.74) is 2.69. The van der Waals surface area contributed by atoms with Gasteiger partial charge in [0.05, 0.1) is 0 Å². The van der Waals surface area contributed by atoms with E-state index in [1.54, 1.807) is 6.08 Å². The minimum absolute atomic E-state index is 0.533. The molecule has 0 saturated heterocycles. The first kappa shape index (κ1) is 13.4. The van der Waals surface area contributed by atoms with Crippen LogP contribution in [0.15, 0.2) is 40.0 Å². The maximum atomic E-state index is 4.62. The van der Waals surface area contributed by atoms with Crippen LogP contribution in [0.5, 0.6) is 0 Å². The predicted octanol–water partition coefficient (Wildman–Crippen LogP) is 5.01. The van der Waals surface area contributed by atoms with Gasteiger partial charge in [-0.1, -0.05) is 32.6 Å². The predicted molar refractivity (Wildman–Crippen MR) is 76.0 cm³/mol. The highest BCUT2D eigenvalue weighted by atomic mass is 79.9. The third kappa shape index (κ3) is 3.75. The fourth-order valence-electron chi connectivity index (χ4n) is 1.81. The molecule has 1 rings (SSSR count). The van der Waals surface area contributed by atoms with Crippen LogP contribution in [0.2, 0.25) is 0 Å². The maximum absolute atomic E-state index is 4.62. The Morgan fingerprint density at radius 2 is 2.44 bits per heavy atom. The van der Waals surface area contributed by atoms with Gasteiger partial charge in [-0.15, -0.1) is 0 Å². The Labute approximate surface area is 107 Å². The van der Waals surface area contributed by atoms with Crippen molar-refractivity contribution in [2.75, 3.05) is 0 Å². The van der Waals surface area contributed by atoms with Crippen molar-refractivity contribution in [3.63, 3.8) is 0 Å². The molecule has 0 bridgehead atoms. The van der Waals surface area contributed by atoms with E-state index in [4.69, 9.17) is 0 Å². The summed E-state index contributed by atoms with van der Waals surface area (Å²) in [7, 11) is 0. The minimum Gasteiger partial charge on any atom is -0.260 e. The summed E-state index contributed by atoms with van der Waals surface area (Å²) in [4.78, 5) is 4.62. The quantitative estimate of drug-likeness (QED) is 0.496. The molecule has 1 nitrogen and oxygen atoms in total. The topological polar surface area (TPSA) is 12.4 Å². The zero-order chi connectivity index (χ0) is 12.0. The average Bonchev–Trinajstić information content (AvgIpc) is 2.82. The minimum atomic E-state index is 0.533. The molecule has 0 fully saturated rings. The molecule has 1 aliphatic rings. The van der Waals surface area contributed by atoms with Crippen LogP contribution in [0.3, 0.4) is 0 Å². The van der Waals surface area contributed by atoms with Gasteiger partial charge in [0.2, 0.25) is 0 Å². The van der Waals surface area contributed by atoms with Crippen molar-refractivity contribution in [3.8, 4) is 0 Å². The summed E-state index contributed by atoms with van der Waals surface area (Å²) in [6, 6.07) is 0. The van der Waals surface area contributed by atoms with E-state index in [0.29, 0.717) is 5.92 Å². The molecule has 0 radical (unpaired) electrons. The van der Waals surface area contributed by atoms with Gasteiger partial charge >= 0.3 is 0 Å². The van der Waals surface area contributed by atoms with Crippen LogP contribution in [0.1, 0.15) is 39.5 Å². The smallest absolute Gasteiger partial charge is 0.0460 e. The molecule has 0 heterocycles. The average molecular weight is 282 g/mol. The van der Waals surface area contributed by atoms with Crippen LogP contribution < -0.4 is 0 Å². The van der Waals surface area contributed by atoms with Gasteiger partial charge in [-0.2, -0.15) is 0 Å². The number of rotatable bonds is 5. The molecule has 1 aliphatic carbocycles. The summed E-state index contributed by atoms with van der Waals surface area (Å²) in [6.45, 7) is 8.16. The Kier molecular flexibility index (Phi) is 5.75. The van der Waals surface area contributed by atoms with Gasteiger partial charge in [0.15, 0.2) is 0 Å². The van der Waals surface area contributed by atoms with Crippen molar-refractivity contribution in [2.24, 2.45) is 10.9 Å². The molecule has 0 N–H and O–H groups in total. The van der Waals surface area contributed by atoms with Crippen molar-refractivity contribution >= 4 is 21.6 Å². The first-order valence-corrected chi connectivity index (χ1v) is 6.73. The molecular weight excluding hydrogens is 262 g/mol. The standard InChI is InChI=1S/C14H20BrN/c1-4-11(3)14(12-8-6-7-9-12)16-10-13(15)5-2/h5,8,10-11H,2,4,6-7,9H2,1,3H3/b13-10+,16-14?. The van der Waals surface area contributed by atoms with Crippen LogP contribution in [-0.2, 0) is 0 Å². The molecule has 1 atom stereocenters. The van der Waals surface area contributed by atoms with E-state index >= 15 is 0 Å². The Bertz CT molecular complexity index is 337. The Hall–Kier alpha value is -0.630. The molecule has 0 aliphatic heterocycles. The second-order valence-electron chi connectivity index (χ2n) is 4.16. The fourth-order valence-corrected chi connectivity index (χ4v) is 1.91. The number of hydrogen-bond acceptors (Lipinski definition) is 1. The molecule has 0 aromatic carbocycles. The van der Waals surface area contributed by atoms with Crippen molar-refractivity contribution in [1.82, 2.24) is 0 Å². The molecule has 0 aromatic heterocycles. The lowest BCUT2D eigenvalue weighted by Crippen LogP contribution is -2.12. The molecule has 1 unspecified atom stereocenters. The van der Waals surface area contributed by atoms with Crippen LogP contribution in [0.4, 0.5) is 0 Å². The molecule has 88 valence electrons. The summed E-state index contributed by atoms with van der Waals surface area (Å²) >= 11 is 3.40. The van der Waals surface area contributed by atoms with E-state index in [9.17, 15) is 0 Å². The Morgan fingerprint density at radius 1 is 1.69 bits per heavy atom. The van der Waals surface area contributed by atoms with Crippen molar-refractivity contribution in [2.45, 2.75) is 39.5 Å². The summed E-state index contributed by atoms with van der Waals surface area (Å²) in [6.07, 6.45) is 10.8. The summed E-state index contributed by atoms with van der Waals surface area (Å²) < 4.78 is 0.937. The first-order chi connectivity index (χ1) is 7.69. The van der Waals surface area contributed by atoms with Crippen LogP contribution >= 0.6 is 15.9 Å². The van der Waals surface area contributed by atoms with Crippen molar-refractivity contribution in [1.29, 1.82) is 0 Å². The second kappa shape index (κ2) is 6.85. The fraction of sp³-hybridized carbons (Fsp3) is 0.500. The van der Waals surface area contributed by atoms with Crippen LogP contribution in [0.25, 0.3) is 0 Å². The largest absolute Gasteiger partial charge is 0.260 e. The number of hydrogen-bond donors (Lipinski definition) is 0.